The number of pyridine rings is 4. The van der Waals surface area contributed by atoms with Gasteiger partial charge in [0.05, 0.1) is 56.5 Å². The lowest BCUT2D eigenvalue weighted by Gasteiger charge is -2.31. The van der Waals surface area contributed by atoms with E-state index in [1.54, 1.807) is 0 Å². The molecule has 0 fully saturated rings. The molecule has 0 N–H and O–H groups in total. The van der Waals surface area contributed by atoms with Crippen molar-refractivity contribution in [2.24, 2.45) is 0 Å². The number of fused-ring (bicyclic) bond motifs is 12. The molecular weight excluding hydrogens is 961 g/mol. The molecule has 8 heterocycles. The lowest BCUT2D eigenvalue weighted by Crippen LogP contribution is -2.76. The molecule has 0 bridgehead atoms. The average Bonchev–Trinajstić information content (AvgIpc) is 4.49. The summed E-state index contributed by atoms with van der Waals surface area (Å²) in [4.78, 5) is 21.1. The number of furan rings is 2. The van der Waals surface area contributed by atoms with Gasteiger partial charge in [0, 0.05) is 78.0 Å². The quantitative estimate of drug-likeness (QED) is 0.141. The van der Waals surface area contributed by atoms with Crippen LogP contribution in [0.4, 0.5) is 0 Å². The van der Waals surface area contributed by atoms with E-state index in [0.717, 1.165) is 132 Å². The van der Waals surface area contributed by atoms with Gasteiger partial charge < -0.3 is 18.0 Å². The molecule has 8 nitrogen and oxygen atoms in total. The van der Waals surface area contributed by atoms with Gasteiger partial charge in [-0.15, -0.1) is 0 Å². The number of rotatable bonds is 8. The molecule has 16 aromatic rings. The zero-order valence-electron chi connectivity index (χ0n) is 41.2. The molecule has 9 heteroatoms. The fourth-order valence-electron chi connectivity index (χ4n) is 12.2. The van der Waals surface area contributed by atoms with Gasteiger partial charge in [-0.1, -0.05) is 133 Å². The van der Waals surface area contributed by atoms with E-state index in [-0.39, 0.29) is 0 Å². The van der Waals surface area contributed by atoms with Crippen LogP contribution in [0.2, 0.25) is 0 Å². The van der Waals surface area contributed by atoms with E-state index in [2.05, 4.69) is 228 Å². The van der Waals surface area contributed by atoms with Gasteiger partial charge in [0.1, 0.15) is 11.2 Å². The van der Waals surface area contributed by atoms with Gasteiger partial charge in [-0.25, -0.2) is 0 Å². The first-order valence-electron chi connectivity index (χ1n) is 25.8. The smallest absolute Gasteiger partial charge is 0.233 e. The molecule has 0 atom stereocenters. The Hall–Kier alpha value is -10.2. The Balaban J connectivity index is 0.878. The third kappa shape index (κ3) is 6.44. The summed E-state index contributed by atoms with van der Waals surface area (Å²) in [6.07, 6.45) is 7.88. The van der Waals surface area contributed by atoms with Gasteiger partial charge in [-0.3, -0.25) is 19.9 Å². The zero-order valence-corrected chi connectivity index (χ0v) is 42.2. The van der Waals surface area contributed by atoms with Crippen LogP contribution in [0.15, 0.2) is 264 Å². The van der Waals surface area contributed by atoms with Crippen LogP contribution in [0.5, 0.6) is 0 Å². The third-order valence-corrected chi connectivity index (χ3v) is 20.2. The van der Waals surface area contributed by atoms with Crippen LogP contribution in [0.3, 0.4) is 0 Å². The van der Waals surface area contributed by atoms with Crippen LogP contribution < -0.4 is 21.0 Å². The molecule has 0 amide bonds. The molecule has 0 aliphatic rings. The van der Waals surface area contributed by atoms with Gasteiger partial charge in [0.25, 0.3) is 0 Å². The predicted molar refractivity (Wildman–Crippen MR) is 315 cm³/mol. The van der Waals surface area contributed by atoms with Crippen molar-refractivity contribution in [2.45, 2.75) is 0 Å². The highest BCUT2D eigenvalue weighted by Gasteiger charge is 2.49. The Bertz CT molecular complexity index is 4670. The van der Waals surface area contributed by atoms with Gasteiger partial charge in [-0.2, -0.15) is 0 Å². The molecule has 0 unspecified atom stereocenters. The normalized spacial score (nSPS) is 12.2. The Kier molecular flexibility index (Phi) is 9.48. The molecule has 0 spiro atoms. The summed E-state index contributed by atoms with van der Waals surface area (Å²) < 4.78 is 18.8. The van der Waals surface area contributed by atoms with E-state index in [1.807, 2.05) is 36.9 Å². The zero-order chi connectivity index (χ0) is 50.6. The van der Waals surface area contributed by atoms with Gasteiger partial charge in [0.2, 0.25) is 8.07 Å². The minimum Gasteiger partial charge on any atom is -0.455 e. The van der Waals surface area contributed by atoms with E-state index in [9.17, 15) is 0 Å². The highest BCUT2D eigenvalue weighted by molar-refractivity contribution is 7.20. The molecule has 0 aliphatic carbocycles. The Morgan fingerprint density at radius 2 is 0.714 bits per heavy atom. The Morgan fingerprint density at radius 3 is 1.16 bits per heavy atom. The number of benzene rings is 8. The first-order valence-corrected chi connectivity index (χ1v) is 27.8. The van der Waals surface area contributed by atoms with Gasteiger partial charge in [0.15, 0.2) is 11.2 Å². The Labute approximate surface area is 441 Å². The standard InChI is InChI=1S/C68H42N6O2Si/c1-5-17-45(18-6-1)73-59-27-15-13-25-49(59)53-39-57(71-41-61(53)73)43-29-31-63-55(37-43)51-33-35-69-67(65(51)75-63)77(47-21-9-3-10-22-47,48-23-11-4-12-24-48)68-66-52(34-36-70-68)56-38-44(30-32-64(56)76-66)58-40-54-50-26-14-16-28-60(50)74(62(54)42-72-58)46-19-7-2-8-20-46/h1-42H. The van der Waals surface area contributed by atoms with E-state index in [4.69, 9.17) is 28.8 Å². The molecule has 0 saturated heterocycles. The van der Waals surface area contributed by atoms with Crippen LogP contribution >= 0.6 is 0 Å². The van der Waals surface area contributed by atoms with Crippen LogP contribution in [-0.2, 0) is 0 Å². The van der Waals surface area contributed by atoms with Crippen LogP contribution in [0, 0.1) is 0 Å². The summed E-state index contributed by atoms with van der Waals surface area (Å²) >= 11 is 0. The largest absolute Gasteiger partial charge is 0.455 e. The lowest BCUT2D eigenvalue weighted by molar-refractivity contribution is 0.669. The maximum absolute atomic E-state index is 7.13. The molecule has 8 aromatic carbocycles. The van der Waals surface area contributed by atoms with Crippen molar-refractivity contribution < 1.29 is 8.83 Å². The van der Waals surface area contributed by atoms with Crippen molar-refractivity contribution in [1.29, 1.82) is 0 Å². The highest BCUT2D eigenvalue weighted by Crippen LogP contribution is 2.39. The van der Waals surface area contributed by atoms with Crippen molar-refractivity contribution in [3.05, 3.63) is 255 Å². The summed E-state index contributed by atoms with van der Waals surface area (Å²) in [6, 6.07) is 81.0. The molecule has 8 aromatic heterocycles. The molecule has 360 valence electrons. The molecule has 0 saturated carbocycles. The first-order chi connectivity index (χ1) is 38.2. The monoisotopic (exact) mass is 1000 g/mol. The van der Waals surface area contributed by atoms with E-state index >= 15 is 0 Å². The summed E-state index contributed by atoms with van der Waals surface area (Å²) in [5.74, 6) is 0. The SMILES string of the molecule is c1ccc(-n2c3ccccc3c3cc(-c4ccc5oc6c([Si](c7ccccc7)(c7ccccc7)c7nccc8c7oc7ccc(-c9cc%10c%11ccccc%11n(-c%11ccccc%11)c%10cn9)cc78)nccc6c5c4)ncc32)cc1. The number of hydrogen-bond acceptors (Lipinski definition) is 6. The third-order valence-electron chi connectivity index (χ3n) is 15.6. The minimum atomic E-state index is -3.51. The fraction of sp³-hybridized carbons (Fsp3) is 0. The topological polar surface area (TPSA) is 87.7 Å². The van der Waals surface area contributed by atoms with Crippen LogP contribution in [0.1, 0.15) is 0 Å². The fourth-order valence-corrected chi connectivity index (χ4v) is 16.8. The van der Waals surface area contributed by atoms with Gasteiger partial charge in [-0.05, 0) is 107 Å². The van der Waals surface area contributed by atoms with E-state index in [0.29, 0.717) is 0 Å². The molecule has 0 radical (unpaired) electrons. The second-order valence-electron chi connectivity index (χ2n) is 19.7. The first kappa shape index (κ1) is 43.2. The molecular formula is C68H42N6O2Si. The summed E-state index contributed by atoms with van der Waals surface area (Å²) in [5.41, 5.74) is 13.3. The molecule has 77 heavy (non-hydrogen) atoms. The lowest BCUT2D eigenvalue weighted by atomic mass is 10.1. The van der Waals surface area contributed by atoms with Crippen molar-refractivity contribution in [1.82, 2.24) is 29.1 Å². The average molecular weight is 1000 g/mol. The molecule has 16 rings (SSSR count). The van der Waals surface area contributed by atoms with E-state index < -0.39 is 8.07 Å². The van der Waals surface area contributed by atoms with Crippen molar-refractivity contribution >= 4 is 117 Å². The van der Waals surface area contributed by atoms with Crippen molar-refractivity contribution in [2.75, 3.05) is 0 Å². The maximum Gasteiger partial charge on any atom is 0.233 e. The summed E-state index contributed by atoms with van der Waals surface area (Å²) in [6.45, 7) is 0. The maximum atomic E-state index is 7.13. The second-order valence-corrected chi connectivity index (χ2v) is 23.3. The highest BCUT2D eigenvalue weighted by atomic mass is 28.3. The van der Waals surface area contributed by atoms with Gasteiger partial charge >= 0.3 is 0 Å². The Morgan fingerprint density at radius 1 is 0.312 bits per heavy atom. The number of para-hydroxylation sites is 4. The molecule has 0 aliphatic heterocycles. The number of nitrogens with zero attached hydrogens (tertiary/aromatic N) is 6. The summed E-state index contributed by atoms with van der Waals surface area (Å²) in [7, 11) is -3.51. The van der Waals surface area contributed by atoms with Crippen molar-refractivity contribution in [3.8, 4) is 33.9 Å². The summed E-state index contributed by atoms with van der Waals surface area (Å²) in [5, 5.41) is 12.4. The van der Waals surface area contributed by atoms with Crippen LogP contribution in [0.25, 0.3) is 121 Å². The van der Waals surface area contributed by atoms with E-state index in [1.165, 1.54) is 10.8 Å². The van der Waals surface area contributed by atoms with Crippen LogP contribution in [-0.4, -0.2) is 37.1 Å². The second kappa shape index (κ2) is 16.9. The minimum absolute atomic E-state index is 0.723. The predicted octanol–water partition coefficient (Wildman–Crippen LogP) is 14.0. The van der Waals surface area contributed by atoms with Crippen molar-refractivity contribution in [3.63, 3.8) is 0 Å². The number of aromatic nitrogens is 6. The number of hydrogen-bond donors (Lipinski definition) is 0.